The Kier molecular flexibility index (Phi) is 5.22. The van der Waals surface area contributed by atoms with Gasteiger partial charge in [0.2, 0.25) is 11.9 Å². The van der Waals surface area contributed by atoms with Gasteiger partial charge in [0.05, 0.1) is 24.5 Å². The summed E-state index contributed by atoms with van der Waals surface area (Å²) in [4.78, 5) is 28.4. The Bertz CT molecular complexity index is 1160. The van der Waals surface area contributed by atoms with Crippen molar-refractivity contribution in [1.82, 2.24) is 34.8 Å². The predicted molar refractivity (Wildman–Crippen MR) is 126 cm³/mol. The first-order chi connectivity index (χ1) is 16.2. The zero-order valence-electron chi connectivity index (χ0n) is 19.0. The number of piperazine rings is 1. The Labute approximate surface area is 192 Å². The van der Waals surface area contributed by atoms with E-state index in [-0.39, 0.29) is 5.95 Å². The van der Waals surface area contributed by atoms with E-state index in [0.717, 1.165) is 80.0 Å². The summed E-state index contributed by atoms with van der Waals surface area (Å²) < 4.78 is 7.93. The van der Waals surface area contributed by atoms with Crippen molar-refractivity contribution in [1.29, 1.82) is 0 Å². The molecule has 6 rings (SSSR count). The highest BCUT2D eigenvalue weighted by Crippen LogP contribution is 2.36. The minimum absolute atomic E-state index is 0.255. The molecule has 0 radical (unpaired) electrons. The standard InChI is InChI=1S/C22H30N10O/c1-14-16(12-25-21(23)26-14)18-28-19(30-8-10-33-11-9-30)17-20(29-18)32(13-15-2-3-15)22(27-17)31-6-4-24-5-7-31/h12,15,24H,2-11,13H2,1H3,(H2,23,25,26). The summed E-state index contributed by atoms with van der Waals surface area (Å²) in [6.07, 6.45) is 4.25. The number of fused-ring (bicyclic) bond motifs is 1. The monoisotopic (exact) mass is 450 g/mol. The van der Waals surface area contributed by atoms with Crippen LogP contribution in [0.25, 0.3) is 22.6 Å². The van der Waals surface area contributed by atoms with Gasteiger partial charge in [0, 0.05) is 52.0 Å². The van der Waals surface area contributed by atoms with E-state index in [0.29, 0.717) is 25.0 Å². The molecule has 0 amide bonds. The van der Waals surface area contributed by atoms with Gasteiger partial charge in [0.1, 0.15) is 0 Å². The van der Waals surface area contributed by atoms with Gasteiger partial charge in [-0.25, -0.2) is 24.9 Å². The van der Waals surface area contributed by atoms with Gasteiger partial charge in [0.25, 0.3) is 0 Å². The highest BCUT2D eigenvalue weighted by molar-refractivity contribution is 5.88. The van der Waals surface area contributed by atoms with Crippen LogP contribution in [0.4, 0.5) is 17.7 Å². The third kappa shape index (κ3) is 3.95. The molecule has 11 heteroatoms. The fourth-order valence-corrected chi connectivity index (χ4v) is 4.63. The zero-order valence-corrected chi connectivity index (χ0v) is 19.0. The summed E-state index contributed by atoms with van der Waals surface area (Å²) in [5.41, 5.74) is 9.12. The lowest BCUT2D eigenvalue weighted by Crippen LogP contribution is -2.44. The fourth-order valence-electron chi connectivity index (χ4n) is 4.63. The molecule has 3 aromatic rings. The lowest BCUT2D eigenvalue weighted by Gasteiger charge is -2.28. The van der Waals surface area contributed by atoms with Crippen molar-refractivity contribution in [3.8, 4) is 11.4 Å². The van der Waals surface area contributed by atoms with E-state index >= 15 is 0 Å². The molecule has 1 aliphatic carbocycles. The van der Waals surface area contributed by atoms with E-state index < -0.39 is 0 Å². The van der Waals surface area contributed by atoms with Crippen LogP contribution in [0.3, 0.4) is 0 Å². The van der Waals surface area contributed by atoms with Crippen molar-refractivity contribution in [2.24, 2.45) is 5.92 Å². The van der Waals surface area contributed by atoms with Gasteiger partial charge >= 0.3 is 0 Å². The summed E-state index contributed by atoms with van der Waals surface area (Å²) >= 11 is 0. The van der Waals surface area contributed by atoms with Gasteiger partial charge in [-0.2, -0.15) is 0 Å². The summed E-state index contributed by atoms with van der Waals surface area (Å²) in [6, 6.07) is 0. The van der Waals surface area contributed by atoms with E-state index in [4.69, 9.17) is 25.4 Å². The molecule has 1 saturated carbocycles. The SMILES string of the molecule is Cc1nc(N)ncc1-c1nc(N2CCOCC2)c2nc(N3CCNCC3)n(CC3CC3)c2n1. The number of aromatic nitrogens is 6. The average molecular weight is 451 g/mol. The second-order valence-electron chi connectivity index (χ2n) is 9.07. The molecule has 0 bridgehead atoms. The van der Waals surface area contributed by atoms with Crippen LogP contribution in [0.15, 0.2) is 6.20 Å². The van der Waals surface area contributed by atoms with Crippen LogP contribution < -0.4 is 20.9 Å². The molecular weight excluding hydrogens is 420 g/mol. The number of imidazole rings is 1. The molecule has 0 atom stereocenters. The van der Waals surface area contributed by atoms with Crippen LogP contribution in [0.1, 0.15) is 18.5 Å². The van der Waals surface area contributed by atoms with Gasteiger partial charge < -0.3 is 25.6 Å². The van der Waals surface area contributed by atoms with Gasteiger partial charge in [0.15, 0.2) is 22.8 Å². The van der Waals surface area contributed by atoms with E-state index in [9.17, 15) is 0 Å². The number of rotatable bonds is 5. The van der Waals surface area contributed by atoms with Crippen molar-refractivity contribution in [2.45, 2.75) is 26.3 Å². The van der Waals surface area contributed by atoms with Gasteiger partial charge in [-0.3, -0.25) is 4.57 Å². The molecule has 5 heterocycles. The maximum absolute atomic E-state index is 5.80. The van der Waals surface area contributed by atoms with Crippen LogP contribution >= 0.6 is 0 Å². The van der Waals surface area contributed by atoms with Gasteiger partial charge in [-0.1, -0.05) is 0 Å². The Morgan fingerprint density at radius 2 is 1.82 bits per heavy atom. The number of nitrogens with two attached hydrogens (primary N) is 1. The average Bonchev–Trinajstić information content (AvgIpc) is 3.59. The van der Waals surface area contributed by atoms with E-state index in [1.807, 2.05) is 6.92 Å². The van der Waals surface area contributed by atoms with Crippen molar-refractivity contribution in [3.05, 3.63) is 11.9 Å². The minimum atomic E-state index is 0.255. The van der Waals surface area contributed by atoms with Crippen LogP contribution in [-0.4, -0.2) is 82.0 Å². The topological polar surface area (TPSA) is 123 Å². The lowest BCUT2D eigenvalue weighted by molar-refractivity contribution is 0.122. The van der Waals surface area contributed by atoms with Crippen LogP contribution in [0.5, 0.6) is 0 Å². The number of nitrogen functional groups attached to an aromatic ring is 1. The van der Waals surface area contributed by atoms with E-state index in [1.165, 1.54) is 12.8 Å². The zero-order chi connectivity index (χ0) is 22.4. The van der Waals surface area contributed by atoms with Crippen molar-refractivity contribution in [3.63, 3.8) is 0 Å². The molecule has 11 nitrogen and oxygen atoms in total. The summed E-state index contributed by atoms with van der Waals surface area (Å²) in [5.74, 6) is 3.43. The molecule has 2 aliphatic heterocycles. The summed E-state index contributed by atoms with van der Waals surface area (Å²) in [6.45, 7) is 9.57. The second kappa shape index (κ2) is 8.38. The molecule has 0 unspecified atom stereocenters. The number of aryl methyl sites for hydroxylation is 1. The maximum Gasteiger partial charge on any atom is 0.220 e. The van der Waals surface area contributed by atoms with Crippen LogP contribution in [0, 0.1) is 12.8 Å². The number of anilines is 3. The Balaban J connectivity index is 1.55. The van der Waals surface area contributed by atoms with Gasteiger partial charge in [-0.05, 0) is 25.7 Å². The van der Waals surface area contributed by atoms with Gasteiger partial charge in [-0.15, -0.1) is 0 Å². The largest absolute Gasteiger partial charge is 0.378 e. The Morgan fingerprint density at radius 3 is 2.55 bits per heavy atom. The minimum Gasteiger partial charge on any atom is -0.378 e. The number of nitrogens with zero attached hydrogens (tertiary/aromatic N) is 8. The highest BCUT2D eigenvalue weighted by atomic mass is 16.5. The molecule has 0 spiro atoms. The molecular formula is C22H30N10O. The van der Waals surface area contributed by atoms with E-state index in [1.54, 1.807) is 6.20 Å². The van der Waals surface area contributed by atoms with Crippen LogP contribution in [-0.2, 0) is 11.3 Å². The first-order valence-electron chi connectivity index (χ1n) is 11.8. The Morgan fingerprint density at radius 1 is 1.03 bits per heavy atom. The number of ether oxygens (including phenoxy) is 1. The normalized spacial score (nSPS) is 19.4. The molecule has 3 aromatic heterocycles. The molecule has 3 N–H and O–H groups in total. The third-order valence-corrected chi connectivity index (χ3v) is 6.64. The second-order valence-corrected chi connectivity index (χ2v) is 9.07. The van der Waals surface area contributed by atoms with E-state index in [2.05, 4.69) is 29.7 Å². The number of hydrogen-bond acceptors (Lipinski definition) is 10. The first kappa shape index (κ1) is 20.5. The molecule has 33 heavy (non-hydrogen) atoms. The molecule has 0 aromatic carbocycles. The lowest BCUT2D eigenvalue weighted by atomic mass is 10.2. The molecule has 174 valence electrons. The third-order valence-electron chi connectivity index (χ3n) is 6.64. The summed E-state index contributed by atoms with van der Waals surface area (Å²) in [5, 5.41) is 3.44. The molecule has 3 aliphatic rings. The number of morpholine rings is 1. The predicted octanol–water partition coefficient (Wildman–Crippen LogP) is 0.830. The summed E-state index contributed by atoms with van der Waals surface area (Å²) in [7, 11) is 0. The van der Waals surface area contributed by atoms with Crippen molar-refractivity contribution in [2.75, 3.05) is 68.0 Å². The fraction of sp³-hybridized carbons (Fsp3) is 0.591. The smallest absolute Gasteiger partial charge is 0.220 e. The molecule has 3 fully saturated rings. The highest BCUT2D eigenvalue weighted by Gasteiger charge is 2.30. The molecule has 2 saturated heterocycles. The quantitative estimate of drug-likeness (QED) is 0.578. The Hall–Kier alpha value is -3.05. The van der Waals surface area contributed by atoms with Crippen molar-refractivity contribution < 1.29 is 4.74 Å². The first-order valence-corrected chi connectivity index (χ1v) is 11.8. The van der Waals surface area contributed by atoms with Crippen LogP contribution in [0.2, 0.25) is 0 Å². The number of nitrogens with one attached hydrogen (secondary N) is 1. The number of hydrogen-bond donors (Lipinski definition) is 2. The van der Waals surface area contributed by atoms with Crippen molar-refractivity contribution >= 4 is 28.9 Å². The maximum atomic E-state index is 5.80.